The molecule has 0 radical (unpaired) electrons. The van der Waals surface area contributed by atoms with E-state index in [-0.39, 0.29) is 29.1 Å². The fourth-order valence-electron chi connectivity index (χ4n) is 2.65. The Bertz CT molecular complexity index is 895. The van der Waals surface area contributed by atoms with E-state index in [1.807, 2.05) is 32.0 Å². The number of anilines is 2. The van der Waals surface area contributed by atoms with Crippen LogP contribution in [0.15, 0.2) is 30.6 Å². The van der Waals surface area contributed by atoms with Gasteiger partial charge in [-0.1, -0.05) is 6.07 Å². The summed E-state index contributed by atoms with van der Waals surface area (Å²) in [5.41, 5.74) is 3.15. The number of hydrogen-bond donors (Lipinski definition) is 2. The highest BCUT2D eigenvalue weighted by molar-refractivity contribution is 7.91. The molecule has 0 spiro atoms. The Morgan fingerprint density at radius 2 is 1.96 bits per heavy atom. The quantitative estimate of drug-likeness (QED) is 0.864. The van der Waals surface area contributed by atoms with Crippen molar-refractivity contribution in [3.05, 3.63) is 47.4 Å². The molecule has 2 heterocycles. The molecule has 2 N–H and O–H groups in total. The standard InChI is InChI=1S/C17H20N4O3S/c1-11-3-4-13(7-12(11)2)21-17(22)15-8-19-16(9-18-15)20-14-5-6-25(23,24)10-14/h3-4,7-9,14H,5-6,10H2,1-2H3,(H,19,20)(H,21,22). The minimum Gasteiger partial charge on any atom is -0.365 e. The third-order valence-electron chi connectivity index (χ3n) is 4.23. The predicted molar refractivity (Wildman–Crippen MR) is 96.6 cm³/mol. The minimum absolute atomic E-state index is 0.101. The van der Waals surface area contributed by atoms with Crippen molar-refractivity contribution in [2.75, 3.05) is 22.1 Å². The van der Waals surface area contributed by atoms with Crippen molar-refractivity contribution in [1.29, 1.82) is 0 Å². The van der Waals surface area contributed by atoms with Crippen LogP contribution >= 0.6 is 0 Å². The van der Waals surface area contributed by atoms with Crippen LogP contribution in [0.3, 0.4) is 0 Å². The molecule has 1 fully saturated rings. The number of aromatic nitrogens is 2. The summed E-state index contributed by atoms with van der Waals surface area (Å²) in [4.78, 5) is 20.5. The number of sulfone groups is 1. The number of benzene rings is 1. The second kappa shape index (κ2) is 6.79. The van der Waals surface area contributed by atoms with Gasteiger partial charge in [-0.05, 0) is 43.5 Å². The largest absolute Gasteiger partial charge is 0.365 e. The first-order valence-electron chi connectivity index (χ1n) is 8.00. The van der Waals surface area contributed by atoms with Crippen LogP contribution in [0.2, 0.25) is 0 Å². The lowest BCUT2D eigenvalue weighted by Crippen LogP contribution is -2.22. The molecule has 25 heavy (non-hydrogen) atoms. The van der Waals surface area contributed by atoms with Gasteiger partial charge in [0.05, 0.1) is 23.9 Å². The number of nitrogens with zero attached hydrogens (tertiary/aromatic N) is 2. The van der Waals surface area contributed by atoms with Gasteiger partial charge >= 0.3 is 0 Å². The Morgan fingerprint density at radius 3 is 2.56 bits per heavy atom. The van der Waals surface area contributed by atoms with Crippen LogP contribution in [0.25, 0.3) is 0 Å². The Kier molecular flexibility index (Phi) is 4.71. The number of nitrogens with one attached hydrogen (secondary N) is 2. The van der Waals surface area contributed by atoms with Gasteiger partial charge in [0.1, 0.15) is 11.5 Å². The SMILES string of the molecule is Cc1ccc(NC(=O)c2cnc(NC3CCS(=O)(=O)C3)cn2)cc1C. The number of hydrogen-bond acceptors (Lipinski definition) is 6. The van der Waals surface area contributed by atoms with Crippen LogP contribution in [0, 0.1) is 13.8 Å². The average molecular weight is 360 g/mol. The lowest BCUT2D eigenvalue weighted by molar-refractivity contribution is 0.102. The summed E-state index contributed by atoms with van der Waals surface area (Å²) in [6.07, 6.45) is 3.38. The van der Waals surface area contributed by atoms with Crippen molar-refractivity contribution in [2.45, 2.75) is 26.3 Å². The number of carbonyl (C=O) groups excluding carboxylic acids is 1. The number of rotatable bonds is 4. The van der Waals surface area contributed by atoms with Gasteiger partial charge in [0, 0.05) is 11.7 Å². The molecule has 1 amide bonds. The molecule has 1 aliphatic heterocycles. The van der Waals surface area contributed by atoms with E-state index < -0.39 is 9.84 Å². The maximum Gasteiger partial charge on any atom is 0.275 e. The van der Waals surface area contributed by atoms with Gasteiger partial charge in [-0.15, -0.1) is 0 Å². The molecular weight excluding hydrogens is 340 g/mol. The zero-order chi connectivity index (χ0) is 18.0. The molecule has 1 aliphatic rings. The maximum absolute atomic E-state index is 12.2. The Hall–Kier alpha value is -2.48. The monoisotopic (exact) mass is 360 g/mol. The summed E-state index contributed by atoms with van der Waals surface area (Å²) in [6, 6.07) is 5.52. The molecule has 2 aromatic rings. The van der Waals surface area contributed by atoms with Crippen molar-refractivity contribution in [2.24, 2.45) is 0 Å². The zero-order valence-corrected chi connectivity index (χ0v) is 14.9. The second-order valence-electron chi connectivity index (χ2n) is 6.28. The molecule has 1 atom stereocenters. The summed E-state index contributed by atoms with van der Waals surface area (Å²) in [5.74, 6) is 0.411. The van der Waals surface area contributed by atoms with Crippen molar-refractivity contribution < 1.29 is 13.2 Å². The summed E-state index contributed by atoms with van der Waals surface area (Å²) in [5, 5.41) is 5.83. The first kappa shape index (κ1) is 17.3. The van der Waals surface area contributed by atoms with Crippen molar-refractivity contribution in [3.63, 3.8) is 0 Å². The first-order valence-corrected chi connectivity index (χ1v) is 9.82. The van der Waals surface area contributed by atoms with Gasteiger partial charge in [0.15, 0.2) is 9.84 Å². The predicted octanol–water partition coefficient (Wildman–Crippen LogP) is 1.94. The highest BCUT2D eigenvalue weighted by Gasteiger charge is 2.27. The van der Waals surface area contributed by atoms with Crippen molar-refractivity contribution >= 4 is 27.2 Å². The van der Waals surface area contributed by atoms with E-state index in [2.05, 4.69) is 20.6 Å². The maximum atomic E-state index is 12.2. The van der Waals surface area contributed by atoms with Gasteiger partial charge < -0.3 is 10.6 Å². The van der Waals surface area contributed by atoms with E-state index in [0.29, 0.717) is 17.9 Å². The van der Waals surface area contributed by atoms with Gasteiger partial charge in [-0.3, -0.25) is 4.79 Å². The van der Waals surface area contributed by atoms with E-state index >= 15 is 0 Å². The number of amides is 1. The normalized spacial score (nSPS) is 18.7. The van der Waals surface area contributed by atoms with Crippen LogP contribution in [-0.2, 0) is 9.84 Å². The van der Waals surface area contributed by atoms with E-state index in [1.54, 1.807) is 0 Å². The van der Waals surface area contributed by atoms with Gasteiger partial charge in [0.25, 0.3) is 5.91 Å². The third-order valence-corrected chi connectivity index (χ3v) is 6.00. The summed E-state index contributed by atoms with van der Waals surface area (Å²) in [6.45, 7) is 3.99. The molecule has 8 heteroatoms. The molecule has 0 aliphatic carbocycles. The average Bonchev–Trinajstić information content (AvgIpc) is 2.90. The van der Waals surface area contributed by atoms with Crippen LogP contribution in [-0.4, -0.2) is 41.8 Å². The molecule has 1 unspecified atom stereocenters. The van der Waals surface area contributed by atoms with Crippen molar-refractivity contribution in [1.82, 2.24) is 9.97 Å². The second-order valence-corrected chi connectivity index (χ2v) is 8.51. The van der Waals surface area contributed by atoms with Crippen LogP contribution in [0.5, 0.6) is 0 Å². The van der Waals surface area contributed by atoms with Crippen LogP contribution < -0.4 is 10.6 Å². The molecule has 1 aromatic carbocycles. The Balaban J connectivity index is 1.63. The van der Waals surface area contributed by atoms with E-state index in [4.69, 9.17) is 0 Å². The molecule has 132 valence electrons. The number of carbonyl (C=O) groups is 1. The lowest BCUT2D eigenvalue weighted by Gasteiger charge is -2.11. The molecule has 3 rings (SSSR count). The number of aryl methyl sites for hydroxylation is 2. The molecule has 1 saturated heterocycles. The smallest absolute Gasteiger partial charge is 0.275 e. The highest BCUT2D eigenvalue weighted by Crippen LogP contribution is 2.17. The lowest BCUT2D eigenvalue weighted by atomic mass is 10.1. The summed E-state index contributed by atoms with van der Waals surface area (Å²) < 4.78 is 22.9. The Morgan fingerprint density at radius 1 is 1.16 bits per heavy atom. The first-order chi connectivity index (χ1) is 11.8. The van der Waals surface area contributed by atoms with Crippen molar-refractivity contribution in [3.8, 4) is 0 Å². The third kappa shape index (κ3) is 4.33. The fourth-order valence-corrected chi connectivity index (χ4v) is 4.33. The van der Waals surface area contributed by atoms with E-state index in [1.165, 1.54) is 12.4 Å². The molecule has 0 saturated carbocycles. The minimum atomic E-state index is -2.95. The molecular formula is C17H20N4O3S. The highest BCUT2D eigenvalue weighted by atomic mass is 32.2. The van der Waals surface area contributed by atoms with E-state index in [0.717, 1.165) is 11.1 Å². The Labute approximate surface area is 146 Å². The molecule has 1 aromatic heterocycles. The van der Waals surface area contributed by atoms with Gasteiger partial charge in [-0.25, -0.2) is 18.4 Å². The summed E-state index contributed by atoms with van der Waals surface area (Å²) in [7, 11) is -2.95. The molecule has 0 bridgehead atoms. The topological polar surface area (TPSA) is 101 Å². The van der Waals surface area contributed by atoms with E-state index in [9.17, 15) is 13.2 Å². The summed E-state index contributed by atoms with van der Waals surface area (Å²) >= 11 is 0. The molecule has 7 nitrogen and oxygen atoms in total. The van der Waals surface area contributed by atoms with Crippen LogP contribution in [0.1, 0.15) is 28.0 Å². The van der Waals surface area contributed by atoms with Gasteiger partial charge in [-0.2, -0.15) is 0 Å². The van der Waals surface area contributed by atoms with Crippen LogP contribution in [0.4, 0.5) is 11.5 Å². The fraction of sp³-hybridized carbons (Fsp3) is 0.353. The zero-order valence-electron chi connectivity index (χ0n) is 14.1. The van der Waals surface area contributed by atoms with Gasteiger partial charge in [0.2, 0.25) is 0 Å².